The Morgan fingerprint density at radius 3 is 2.72 bits per heavy atom. The smallest absolute Gasteiger partial charge is 0.302 e. The van der Waals surface area contributed by atoms with Gasteiger partial charge in [0.25, 0.3) is 0 Å². The minimum atomic E-state index is -4.59. The highest BCUT2D eigenvalue weighted by Crippen LogP contribution is 2.27. The molecule has 1 aromatic rings. The SMILES string of the molecule is Nc1nccnc1N1CC(CS(=O)(=O)F)CC1=O. The number of halogens is 1. The molecule has 0 saturated carbocycles. The fraction of sp³-hybridized carbons (Fsp3) is 0.444. The number of carbonyl (C=O) groups is 1. The van der Waals surface area contributed by atoms with Gasteiger partial charge >= 0.3 is 10.2 Å². The summed E-state index contributed by atoms with van der Waals surface area (Å²) >= 11 is 0. The topological polar surface area (TPSA) is 106 Å². The number of hydrogen-bond donors (Lipinski definition) is 1. The highest BCUT2D eigenvalue weighted by Gasteiger charge is 2.35. The van der Waals surface area contributed by atoms with Crippen molar-refractivity contribution in [3.05, 3.63) is 12.4 Å². The average molecular weight is 274 g/mol. The first kappa shape index (κ1) is 12.7. The van der Waals surface area contributed by atoms with Crippen molar-refractivity contribution in [1.29, 1.82) is 0 Å². The minimum Gasteiger partial charge on any atom is -0.381 e. The van der Waals surface area contributed by atoms with Gasteiger partial charge in [0.15, 0.2) is 11.6 Å². The number of amides is 1. The molecule has 1 amide bonds. The molecule has 98 valence electrons. The van der Waals surface area contributed by atoms with Crippen molar-refractivity contribution in [3.8, 4) is 0 Å². The van der Waals surface area contributed by atoms with Crippen molar-refractivity contribution in [2.75, 3.05) is 22.9 Å². The molecule has 1 fully saturated rings. The van der Waals surface area contributed by atoms with E-state index in [2.05, 4.69) is 9.97 Å². The maximum absolute atomic E-state index is 12.6. The normalized spacial score (nSPS) is 20.4. The predicted molar refractivity (Wildman–Crippen MR) is 61.8 cm³/mol. The Bertz CT molecular complexity index is 577. The van der Waals surface area contributed by atoms with E-state index in [4.69, 9.17) is 5.73 Å². The molecular formula is C9H11FN4O3S. The van der Waals surface area contributed by atoms with E-state index in [0.29, 0.717) is 0 Å². The summed E-state index contributed by atoms with van der Waals surface area (Å²) in [6, 6.07) is 0. The zero-order valence-electron chi connectivity index (χ0n) is 9.28. The van der Waals surface area contributed by atoms with E-state index in [1.807, 2.05) is 0 Å². The molecule has 1 saturated heterocycles. The third kappa shape index (κ3) is 2.73. The average Bonchev–Trinajstić information content (AvgIpc) is 2.57. The summed E-state index contributed by atoms with van der Waals surface area (Å²) < 4.78 is 33.7. The second kappa shape index (κ2) is 4.48. The van der Waals surface area contributed by atoms with E-state index in [9.17, 15) is 17.1 Å². The number of anilines is 2. The first-order valence-corrected chi connectivity index (χ1v) is 6.71. The van der Waals surface area contributed by atoms with E-state index < -0.39 is 21.9 Å². The van der Waals surface area contributed by atoms with E-state index in [-0.39, 0.29) is 30.5 Å². The third-order valence-corrected chi connectivity index (χ3v) is 3.47. The zero-order valence-corrected chi connectivity index (χ0v) is 10.1. The summed E-state index contributed by atoms with van der Waals surface area (Å²) in [5.41, 5.74) is 5.58. The lowest BCUT2D eigenvalue weighted by Crippen LogP contribution is -2.27. The molecule has 0 radical (unpaired) electrons. The molecule has 2 N–H and O–H groups in total. The molecule has 1 unspecified atom stereocenters. The fourth-order valence-corrected chi connectivity index (χ4v) is 2.72. The lowest BCUT2D eigenvalue weighted by molar-refractivity contribution is -0.117. The monoisotopic (exact) mass is 274 g/mol. The summed E-state index contributed by atoms with van der Waals surface area (Å²) in [6.07, 6.45) is 2.71. The van der Waals surface area contributed by atoms with E-state index >= 15 is 0 Å². The van der Waals surface area contributed by atoms with Crippen LogP contribution in [0.3, 0.4) is 0 Å². The summed E-state index contributed by atoms with van der Waals surface area (Å²) in [5, 5.41) is 0. The Hall–Kier alpha value is -1.77. The first-order valence-electron chi connectivity index (χ1n) is 5.16. The molecule has 9 heteroatoms. The summed E-state index contributed by atoms with van der Waals surface area (Å²) in [6.45, 7) is 0.0743. The quantitative estimate of drug-likeness (QED) is 0.759. The van der Waals surface area contributed by atoms with Gasteiger partial charge in [-0.3, -0.25) is 9.69 Å². The van der Waals surface area contributed by atoms with Crippen LogP contribution in [0.2, 0.25) is 0 Å². The molecule has 18 heavy (non-hydrogen) atoms. The molecule has 2 heterocycles. The van der Waals surface area contributed by atoms with E-state index in [1.165, 1.54) is 17.3 Å². The lowest BCUT2D eigenvalue weighted by Gasteiger charge is -2.15. The van der Waals surface area contributed by atoms with Crippen molar-refractivity contribution in [2.24, 2.45) is 5.92 Å². The predicted octanol–water partition coefficient (Wildman–Crippen LogP) is -0.289. The van der Waals surface area contributed by atoms with Gasteiger partial charge in [0.1, 0.15) is 0 Å². The number of hydrogen-bond acceptors (Lipinski definition) is 6. The second-order valence-electron chi connectivity index (χ2n) is 4.05. The number of nitrogens with zero attached hydrogens (tertiary/aromatic N) is 3. The van der Waals surface area contributed by atoms with Crippen LogP contribution in [0.4, 0.5) is 15.5 Å². The van der Waals surface area contributed by atoms with Gasteiger partial charge in [0, 0.05) is 31.3 Å². The maximum atomic E-state index is 12.6. The van der Waals surface area contributed by atoms with Crippen LogP contribution in [0.1, 0.15) is 6.42 Å². The number of rotatable bonds is 3. The van der Waals surface area contributed by atoms with Crippen LogP contribution in [0.5, 0.6) is 0 Å². The van der Waals surface area contributed by atoms with E-state index in [1.54, 1.807) is 0 Å². The maximum Gasteiger partial charge on any atom is 0.302 e. The number of nitrogen functional groups attached to an aromatic ring is 1. The Labute approximate surface area is 103 Å². The van der Waals surface area contributed by atoms with Crippen molar-refractivity contribution in [3.63, 3.8) is 0 Å². The fourth-order valence-electron chi connectivity index (χ4n) is 1.93. The number of nitrogens with two attached hydrogens (primary N) is 1. The molecule has 0 bridgehead atoms. The van der Waals surface area contributed by atoms with Crippen molar-refractivity contribution in [1.82, 2.24) is 9.97 Å². The summed E-state index contributed by atoms with van der Waals surface area (Å²) in [5.74, 6) is -1.34. The summed E-state index contributed by atoms with van der Waals surface area (Å²) in [4.78, 5) is 20.6. The van der Waals surface area contributed by atoms with Crippen molar-refractivity contribution in [2.45, 2.75) is 6.42 Å². The van der Waals surface area contributed by atoms with Gasteiger partial charge in [0.05, 0.1) is 5.75 Å². The Kier molecular flexibility index (Phi) is 3.16. The third-order valence-electron chi connectivity index (χ3n) is 2.60. The van der Waals surface area contributed by atoms with Crippen LogP contribution < -0.4 is 10.6 Å². The van der Waals surface area contributed by atoms with E-state index in [0.717, 1.165) is 0 Å². The molecule has 1 atom stereocenters. The molecule has 0 aliphatic carbocycles. The second-order valence-corrected chi connectivity index (χ2v) is 5.46. The van der Waals surface area contributed by atoms with Gasteiger partial charge < -0.3 is 5.73 Å². The highest BCUT2D eigenvalue weighted by molar-refractivity contribution is 7.86. The highest BCUT2D eigenvalue weighted by atomic mass is 32.3. The number of carbonyl (C=O) groups excluding carboxylic acids is 1. The minimum absolute atomic E-state index is 0.0425. The molecule has 0 spiro atoms. The Morgan fingerprint density at radius 1 is 1.44 bits per heavy atom. The standard InChI is InChI=1S/C9H11FN4O3S/c10-18(16,17)5-6-3-7(15)14(4-6)9-8(11)12-1-2-13-9/h1-2,6H,3-5H2,(H2,11,12). The molecule has 2 rings (SSSR count). The largest absolute Gasteiger partial charge is 0.381 e. The van der Waals surface area contributed by atoms with Gasteiger partial charge in [-0.15, -0.1) is 3.89 Å². The van der Waals surface area contributed by atoms with Gasteiger partial charge in [-0.25, -0.2) is 9.97 Å². The molecule has 0 aromatic carbocycles. The molecule has 1 aliphatic heterocycles. The van der Waals surface area contributed by atoms with Gasteiger partial charge in [-0.1, -0.05) is 0 Å². The van der Waals surface area contributed by atoms with Crippen LogP contribution in [0, 0.1) is 5.92 Å². The van der Waals surface area contributed by atoms with Crippen molar-refractivity contribution < 1.29 is 17.1 Å². The van der Waals surface area contributed by atoms with Gasteiger partial charge in [-0.05, 0) is 0 Å². The van der Waals surface area contributed by atoms with Crippen LogP contribution in [-0.4, -0.2) is 36.6 Å². The van der Waals surface area contributed by atoms with Crippen LogP contribution in [0.15, 0.2) is 12.4 Å². The molecule has 7 nitrogen and oxygen atoms in total. The molecular weight excluding hydrogens is 263 g/mol. The Balaban J connectivity index is 2.18. The zero-order chi connectivity index (χ0) is 13.3. The van der Waals surface area contributed by atoms with Crippen LogP contribution >= 0.6 is 0 Å². The van der Waals surface area contributed by atoms with Crippen LogP contribution in [0.25, 0.3) is 0 Å². The lowest BCUT2D eigenvalue weighted by atomic mass is 10.1. The van der Waals surface area contributed by atoms with Gasteiger partial charge in [-0.2, -0.15) is 8.42 Å². The molecule has 1 aliphatic rings. The summed E-state index contributed by atoms with van der Waals surface area (Å²) in [7, 11) is -4.59. The first-order chi connectivity index (χ1) is 8.37. The number of aromatic nitrogens is 2. The van der Waals surface area contributed by atoms with Crippen LogP contribution in [-0.2, 0) is 15.0 Å². The van der Waals surface area contributed by atoms with Gasteiger partial charge in [0.2, 0.25) is 5.91 Å². The molecule has 1 aromatic heterocycles. The Morgan fingerprint density at radius 2 is 2.11 bits per heavy atom. The van der Waals surface area contributed by atoms with Crippen molar-refractivity contribution >= 4 is 27.8 Å².